The highest BCUT2D eigenvalue weighted by Crippen LogP contribution is 2.26. The van der Waals surface area contributed by atoms with Crippen molar-refractivity contribution < 1.29 is 4.42 Å². The Labute approximate surface area is 122 Å². The minimum Gasteiger partial charge on any atom is -0.461 e. The van der Waals surface area contributed by atoms with E-state index in [2.05, 4.69) is 69.4 Å². The molecule has 1 unspecified atom stereocenters. The van der Waals surface area contributed by atoms with Gasteiger partial charge in [0.05, 0.1) is 0 Å². The van der Waals surface area contributed by atoms with E-state index in [1.54, 1.807) is 0 Å². The number of benzene rings is 1. The summed E-state index contributed by atoms with van der Waals surface area (Å²) < 4.78 is 5.98. The number of likely N-dealkylation sites (N-methyl/N-ethyl adjacent to an activating group) is 1. The van der Waals surface area contributed by atoms with Crippen molar-refractivity contribution in [3.63, 3.8) is 0 Å². The zero-order chi connectivity index (χ0) is 14.5. The molecule has 0 aliphatic rings. The molecule has 2 heteroatoms. The smallest absolute Gasteiger partial charge is 0.134 e. The molecule has 108 valence electrons. The molecule has 1 heterocycles. The molecule has 0 saturated carbocycles. The van der Waals surface area contributed by atoms with E-state index in [0.29, 0.717) is 12.0 Å². The molecule has 20 heavy (non-hydrogen) atoms. The first-order valence-electron chi connectivity index (χ1n) is 7.52. The van der Waals surface area contributed by atoms with Crippen LogP contribution in [0.2, 0.25) is 0 Å². The van der Waals surface area contributed by atoms with Crippen LogP contribution in [0, 0.1) is 0 Å². The molecule has 0 aliphatic heterocycles. The predicted octanol–water partition coefficient (Wildman–Crippen LogP) is 4.61. The van der Waals surface area contributed by atoms with E-state index in [0.717, 1.165) is 24.5 Å². The van der Waals surface area contributed by atoms with E-state index < -0.39 is 0 Å². The van der Waals surface area contributed by atoms with Gasteiger partial charge < -0.3 is 9.73 Å². The lowest BCUT2D eigenvalue weighted by atomic mass is 10.0. The van der Waals surface area contributed by atoms with Crippen LogP contribution in [0.3, 0.4) is 0 Å². The van der Waals surface area contributed by atoms with Gasteiger partial charge in [-0.05, 0) is 43.1 Å². The first-order valence-corrected chi connectivity index (χ1v) is 7.52. The third-order valence-corrected chi connectivity index (χ3v) is 3.56. The van der Waals surface area contributed by atoms with Crippen LogP contribution < -0.4 is 5.32 Å². The summed E-state index contributed by atoms with van der Waals surface area (Å²) in [5.74, 6) is 2.55. The van der Waals surface area contributed by atoms with Gasteiger partial charge in [-0.2, -0.15) is 0 Å². The molecule has 0 fully saturated rings. The minimum atomic E-state index is 0.445. The number of nitrogens with one attached hydrogen (secondary N) is 1. The Morgan fingerprint density at radius 1 is 1.10 bits per heavy atom. The van der Waals surface area contributed by atoms with Crippen LogP contribution in [0.4, 0.5) is 0 Å². The molecule has 1 N–H and O–H groups in total. The van der Waals surface area contributed by atoms with Crippen molar-refractivity contribution in [2.75, 3.05) is 6.54 Å². The van der Waals surface area contributed by atoms with Gasteiger partial charge in [0.1, 0.15) is 11.5 Å². The van der Waals surface area contributed by atoms with Crippen LogP contribution in [0.5, 0.6) is 0 Å². The molecule has 0 radical (unpaired) electrons. The van der Waals surface area contributed by atoms with Crippen LogP contribution in [-0.2, 0) is 6.42 Å². The SMILES string of the molecule is CCNC(C)Cc1ccc(-c2cccc(C(C)C)c2)o1. The van der Waals surface area contributed by atoms with Crippen LogP contribution in [-0.4, -0.2) is 12.6 Å². The molecule has 0 aliphatic carbocycles. The largest absolute Gasteiger partial charge is 0.461 e. The number of furan rings is 1. The zero-order valence-corrected chi connectivity index (χ0v) is 12.9. The van der Waals surface area contributed by atoms with Gasteiger partial charge in [-0.1, -0.05) is 39.0 Å². The van der Waals surface area contributed by atoms with Gasteiger partial charge in [-0.3, -0.25) is 0 Å². The van der Waals surface area contributed by atoms with Crippen LogP contribution >= 0.6 is 0 Å². The summed E-state index contributed by atoms with van der Waals surface area (Å²) in [7, 11) is 0. The van der Waals surface area contributed by atoms with E-state index >= 15 is 0 Å². The Balaban J connectivity index is 2.14. The zero-order valence-electron chi connectivity index (χ0n) is 12.9. The van der Waals surface area contributed by atoms with Crippen molar-refractivity contribution in [3.8, 4) is 11.3 Å². The molecule has 0 spiro atoms. The average molecular weight is 271 g/mol. The fraction of sp³-hybridized carbons (Fsp3) is 0.444. The van der Waals surface area contributed by atoms with Gasteiger partial charge in [-0.25, -0.2) is 0 Å². The van der Waals surface area contributed by atoms with Crippen molar-refractivity contribution >= 4 is 0 Å². The number of hydrogen-bond donors (Lipinski definition) is 1. The third-order valence-electron chi connectivity index (χ3n) is 3.56. The van der Waals surface area contributed by atoms with E-state index in [-0.39, 0.29) is 0 Å². The lowest BCUT2D eigenvalue weighted by Gasteiger charge is -2.10. The van der Waals surface area contributed by atoms with Crippen molar-refractivity contribution in [1.82, 2.24) is 5.32 Å². The van der Waals surface area contributed by atoms with E-state index in [1.807, 2.05) is 0 Å². The molecule has 2 aromatic rings. The number of hydrogen-bond acceptors (Lipinski definition) is 2. The second kappa shape index (κ2) is 6.76. The van der Waals surface area contributed by atoms with Gasteiger partial charge in [0, 0.05) is 18.0 Å². The Morgan fingerprint density at radius 2 is 1.90 bits per heavy atom. The maximum atomic E-state index is 5.98. The Kier molecular flexibility index (Phi) is 5.02. The summed E-state index contributed by atoms with van der Waals surface area (Å²) in [5.41, 5.74) is 2.51. The maximum absolute atomic E-state index is 5.98. The van der Waals surface area contributed by atoms with Crippen molar-refractivity contribution in [1.29, 1.82) is 0 Å². The van der Waals surface area contributed by atoms with Crippen molar-refractivity contribution in [3.05, 3.63) is 47.7 Å². The molecule has 1 aromatic carbocycles. The molecule has 2 rings (SSSR count). The second-order valence-electron chi connectivity index (χ2n) is 5.71. The van der Waals surface area contributed by atoms with Crippen LogP contribution in [0.15, 0.2) is 40.8 Å². The predicted molar refractivity (Wildman–Crippen MR) is 85.1 cm³/mol. The topological polar surface area (TPSA) is 25.2 Å². The Bertz CT molecular complexity index is 542. The first kappa shape index (κ1) is 14.9. The first-order chi connectivity index (χ1) is 9.60. The molecule has 0 bridgehead atoms. The van der Waals surface area contributed by atoms with Gasteiger partial charge in [0.15, 0.2) is 0 Å². The molecular formula is C18H25NO. The Morgan fingerprint density at radius 3 is 2.60 bits per heavy atom. The lowest BCUT2D eigenvalue weighted by Crippen LogP contribution is -2.27. The van der Waals surface area contributed by atoms with Crippen molar-refractivity contribution in [2.24, 2.45) is 0 Å². The molecule has 1 aromatic heterocycles. The highest BCUT2D eigenvalue weighted by Gasteiger charge is 2.09. The normalized spacial score (nSPS) is 12.8. The quantitative estimate of drug-likeness (QED) is 0.830. The molecular weight excluding hydrogens is 246 g/mol. The molecule has 1 atom stereocenters. The van der Waals surface area contributed by atoms with E-state index in [9.17, 15) is 0 Å². The molecule has 0 saturated heterocycles. The second-order valence-corrected chi connectivity index (χ2v) is 5.71. The summed E-state index contributed by atoms with van der Waals surface area (Å²) >= 11 is 0. The highest BCUT2D eigenvalue weighted by molar-refractivity contribution is 5.58. The van der Waals surface area contributed by atoms with Crippen LogP contribution in [0.25, 0.3) is 11.3 Å². The standard InChI is InChI=1S/C18H25NO/c1-5-19-14(4)11-17-9-10-18(20-17)16-8-6-7-15(12-16)13(2)3/h6-10,12-14,19H,5,11H2,1-4H3. The minimum absolute atomic E-state index is 0.445. The van der Waals surface area contributed by atoms with Gasteiger partial charge in [-0.15, -0.1) is 0 Å². The number of rotatable bonds is 6. The summed E-state index contributed by atoms with van der Waals surface area (Å²) in [6.45, 7) is 9.73. The summed E-state index contributed by atoms with van der Waals surface area (Å²) in [6.07, 6.45) is 0.928. The van der Waals surface area contributed by atoms with Gasteiger partial charge in [0.2, 0.25) is 0 Å². The van der Waals surface area contributed by atoms with Gasteiger partial charge >= 0.3 is 0 Å². The molecule has 2 nitrogen and oxygen atoms in total. The van der Waals surface area contributed by atoms with Crippen molar-refractivity contribution in [2.45, 2.75) is 46.1 Å². The fourth-order valence-electron chi connectivity index (χ4n) is 2.42. The monoisotopic (exact) mass is 271 g/mol. The van der Waals surface area contributed by atoms with E-state index in [1.165, 1.54) is 11.1 Å². The maximum Gasteiger partial charge on any atom is 0.134 e. The summed E-state index contributed by atoms with van der Waals surface area (Å²) in [6, 6.07) is 13.2. The van der Waals surface area contributed by atoms with E-state index in [4.69, 9.17) is 4.42 Å². The third kappa shape index (κ3) is 3.73. The van der Waals surface area contributed by atoms with Gasteiger partial charge in [0.25, 0.3) is 0 Å². The fourth-order valence-corrected chi connectivity index (χ4v) is 2.42. The molecule has 0 amide bonds. The summed E-state index contributed by atoms with van der Waals surface area (Å²) in [4.78, 5) is 0. The average Bonchev–Trinajstić information content (AvgIpc) is 2.87. The lowest BCUT2D eigenvalue weighted by molar-refractivity contribution is 0.470. The Hall–Kier alpha value is -1.54. The summed E-state index contributed by atoms with van der Waals surface area (Å²) in [5, 5.41) is 3.41. The highest BCUT2D eigenvalue weighted by atomic mass is 16.3. The van der Waals surface area contributed by atoms with Crippen LogP contribution in [0.1, 0.15) is 44.9 Å².